The maximum absolute atomic E-state index is 12.5. The Morgan fingerprint density at radius 2 is 1.67 bits per heavy atom. The Hall–Kier alpha value is -0.240. The van der Waals surface area contributed by atoms with Crippen LogP contribution in [0.1, 0.15) is 64.2 Å². The molecule has 3 aliphatic rings. The summed E-state index contributed by atoms with van der Waals surface area (Å²) in [6.45, 7) is 0.862. The van der Waals surface area contributed by atoms with E-state index in [9.17, 15) is 4.79 Å². The van der Waals surface area contributed by atoms with Crippen molar-refractivity contribution in [1.82, 2.24) is 5.32 Å². The number of hydrogen-bond acceptors (Lipinski definition) is 1. The van der Waals surface area contributed by atoms with Gasteiger partial charge >= 0.3 is 0 Å². The summed E-state index contributed by atoms with van der Waals surface area (Å²) in [6, 6.07) is 0. The predicted octanol–water partition coefficient (Wildman–Crippen LogP) is 4.36. The lowest BCUT2D eigenvalue weighted by molar-refractivity contribution is -0.127. The van der Waals surface area contributed by atoms with Gasteiger partial charge in [0, 0.05) is 18.3 Å². The lowest BCUT2D eigenvalue weighted by atomic mass is 9.67. The molecule has 0 heterocycles. The molecular weight excluding hydrogens is 282 g/mol. The molecule has 5 atom stereocenters. The van der Waals surface area contributed by atoms with Crippen LogP contribution in [0.4, 0.5) is 0 Å². The second-order valence-electron chi connectivity index (χ2n) is 7.67. The average Bonchev–Trinajstić information content (AvgIpc) is 2.99. The van der Waals surface area contributed by atoms with Crippen molar-refractivity contribution in [2.75, 3.05) is 12.4 Å². The lowest BCUT2D eigenvalue weighted by Gasteiger charge is -2.38. The second-order valence-corrected chi connectivity index (χ2v) is 7.97. The van der Waals surface area contributed by atoms with Crippen molar-refractivity contribution in [2.45, 2.75) is 64.2 Å². The SMILES string of the molecule is O=C(NCC1CCCC1CCl)C1CCC2CCCCC2C1. The molecule has 0 saturated heterocycles. The summed E-state index contributed by atoms with van der Waals surface area (Å²) in [7, 11) is 0. The van der Waals surface area contributed by atoms with Gasteiger partial charge in [0.15, 0.2) is 0 Å². The van der Waals surface area contributed by atoms with Gasteiger partial charge in [0.2, 0.25) is 5.91 Å². The van der Waals surface area contributed by atoms with Crippen LogP contribution in [0.15, 0.2) is 0 Å². The van der Waals surface area contributed by atoms with E-state index in [0.29, 0.717) is 23.7 Å². The van der Waals surface area contributed by atoms with E-state index in [4.69, 9.17) is 11.6 Å². The highest BCUT2D eigenvalue weighted by molar-refractivity contribution is 6.18. The summed E-state index contributed by atoms with van der Waals surface area (Å²) in [5.74, 6) is 4.40. The number of hydrogen-bond donors (Lipinski definition) is 1. The fraction of sp³-hybridized carbons (Fsp3) is 0.944. The standard InChI is InChI=1S/C18H30ClNO/c19-11-16-6-3-7-17(16)12-20-18(21)15-9-8-13-4-1-2-5-14(13)10-15/h13-17H,1-12H2,(H,20,21). The first-order valence-corrected chi connectivity index (χ1v) is 9.65. The van der Waals surface area contributed by atoms with Crippen LogP contribution >= 0.6 is 11.6 Å². The molecule has 5 unspecified atom stereocenters. The molecule has 3 rings (SSSR count). The molecule has 3 aliphatic carbocycles. The molecule has 3 heteroatoms. The van der Waals surface area contributed by atoms with Gasteiger partial charge in [-0.2, -0.15) is 0 Å². The van der Waals surface area contributed by atoms with Gasteiger partial charge in [0.25, 0.3) is 0 Å². The van der Waals surface area contributed by atoms with Crippen molar-refractivity contribution in [3.8, 4) is 0 Å². The molecule has 0 aromatic heterocycles. The molecule has 0 spiro atoms. The third-order valence-electron chi connectivity index (χ3n) is 6.46. The number of alkyl halides is 1. The van der Waals surface area contributed by atoms with Crippen LogP contribution in [-0.4, -0.2) is 18.3 Å². The highest BCUT2D eigenvalue weighted by Gasteiger charge is 2.35. The number of carbonyl (C=O) groups excluding carboxylic acids is 1. The zero-order valence-corrected chi connectivity index (χ0v) is 13.9. The van der Waals surface area contributed by atoms with Gasteiger partial charge in [-0.3, -0.25) is 4.79 Å². The number of amides is 1. The van der Waals surface area contributed by atoms with Crippen LogP contribution in [0.3, 0.4) is 0 Å². The third kappa shape index (κ3) is 3.75. The zero-order chi connectivity index (χ0) is 14.7. The fourth-order valence-electron chi connectivity index (χ4n) is 5.07. The van der Waals surface area contributed by atoms with Crippen LogP contribution in [0.5, 0.6) is 0 Å². The molecule has 0 aliphatic heterocycles. The Balaban J connectivity index is 1.45. The van der Waals surface area contributed by atoms with Crippen LogP contribution in [-0.2, 0) is 4.79 Å². The molecule has 1 amide bonds. The Kier molecular flexibility index (Phi) is 5.48. The minimum atomic E-state index is 0.292. The topological polar surface area (TPSA) is 29.1 Å². The van der Waals surface area contributed by atoms with Crippen LogP contribution in [0.25, 0.3) is 0 Å². The Morgan fingerprint density at radius 1 is 0.905 bits per heavy atom. The van der Waals surface area contributed by atoms with E-state index >= 15 is 0 Å². The van der Waals surface area contributed by atoms with E-state index in [2.05, 4.69) is 5.32 Å². The minimum Gasteiger partial charge on any atom is -0.356 e. The highest BCUT2D eigenvalue weighted by atomic mass is 35.5. The molecule has 0 aromatic rings. The molecular formula is C18H30ClNO. The number of halogens is 1. The first kappa shape index (κ1) is 15.6. The van der Waals surface area contributed by atoms with Gasteiger partial charge in [-0.1, -0.05) is 32.1 Å². The number of rotatable bonds is 4. The first-order chi connectivity index (χ1) is 10.3. The normalized spacial score (nSPS) is 39.8. The van der Waals surface area contributed by atoms with Gasteiger partial charge in [-0.25, -0.2) is 0 Å². The smallest absolute Gasteiger partial charge is 0.223 e. The summed E-state index contributed by atoms with van der Waals surface area (Å²) in [4.78, 5) is 12.5. The molecule has 3 saturated carbocycles. The maximum Gasteiger partial charge on any atom is 0.223 e. The molecule has 0 aromatic carbocycles. The van der Waals surface area contributed by atoms with Crippen LogP contribution in [0, 0.1) is 29.6 Å². The van der Waals surface area contributed by atoms with Gasteiger partial charge in [-0.05, 0) is 55.8 Å². The predicted molar refractivity (Wildman–Crippen MR) is 87.3 cm³/mol. The van der Waals surface area contributed by atoms with Gasteiger partial charge in [0.05, 0.1) is 0 Å². The highest BCUT2D eigenvalue weighted by Crippen LogP contribution is 2.42. The summed E-state index contributed by atoms with van der Waals surface area (Å²) in [5.41, 5.74) is 0. The molecule has 0 radical (unpaired) electrons. The lowest BCUT2D eigenvalue weighted by Crippen LogP contribution is -2.39. The Bertz CT molecular complexity index is 359. The maximum atomic E-state index is 12.5. The summed E-state index contributed by atoms with van der Waals surface area (Å²) in [5, 5.41) is 3.26. The van der Waals surface area contributed by atoms with E-state index in [0.717, 1.165) is 37.1 Å². The van der Waals surface area contributed by atoms with Gasteiger partial charge < -0.3 is 5.32 Å². The zero-order valence-electron chi connectivity index (χ0n) is 13.2. The van der Waals surface area contributed by atoms with E-state index < -0.39 is 0 Å². The van der Waals surface area contributed by atoms with Crippen molar-refractivity contribution in [1.29, 1.82) is 0 Å². The summed E-state index contributed by atoms with van der Waals surface area (Å²) >= 11 is 6.03. The molecule has 3 fully saturated rings. The fourth-order valence-corrected chi connectivity index (χ4v) is 5.48. The molecule has 1 N–H and O–H groups in total. The Labute approximate surface area is 134 Å². The number of carbonyl (C=O) groups is 1. The largest absolute Gasteiger partial charge is 0.356 e. The summed E-state index contributed by atoms with van der Waals surface area (Å²) < 4.78 is 0. The quantitative estimate of drug-likeness (QED) is 0.768. The Morgan fingerprint density at radius 3 is 2.48 bits per heavy atom. The molecule has 21 heavy (non-hydrogen) atoms. The number of nitrogens with one attached hydrogen (secondary N) is 1. The van der Waals surface area contributed by atoms with Gasteiger partial charge in [-0.15, -0.1) is 11.6 Å². The summed E-state index contributed by atoms with van der Waals surface area (Å²) in [6.07, 6.45) is 12.9. The van der Waals surface area contributed by atoms with E-state index in [1.165, 1.54) is 51.4 Å². The second kappa shape index (κ2) is 7.35. The molecule has 0 bridgehead atoms. The first-order valence-electron chi connectivity index (χ1n) is 9.11. The van der Waals surface area contributed by atoms with Crippen LogP contribution < -0.4 is 5.32 Å². The van der Waals surface area contributed by atoms with Crippen molar-refractivity contribution < 1.29 is 4.79 Å². The van der Waals surface area contributed by atoms with Crippen LogP contribution in [0.2, 0.25) is 0 Å². The van der Waals surface area contributed by atoms with Gasteiger partial charge in [0.1, 0.15) is 0 Å². The third-order valence-corrected chi connectivity index (χ3v) is 6.86. The van der Waals surface area contributed by atoms with E-state index in [1.807, 2.05) is 0 Å². The monoisotopic (exact) mass is 311 g/mol. The van der Waals surface area contributed by atoms with E-state index in [1.54, 1.807) is 0 Å². The molecule has 2 nitrogen and oxygen atoms in total. The van der Waals surface area contributed by atoms with Crippen molar-refractivity contribution in [3.05, 3.63) is 0 Å². The number of fused-ring (bicyclic) bond motifs is 1. The average molecular weight is 312 g/mol. The van der Waals surface area contributed by atoms with Crippen molar-refractivity contribution in [2.24, 2.45) is 29.6 Å². The molecule has 120 valence electrons. The van der Waals surface area contributed by atoms with Crippen molar-refractivity contribution >= 4 is 17.5 Å². The van der Waals surface area contributed by atoms with E-state index in [-0.39, 0.29) is 0 Å². The van der Waals surface area contributed by atoms with Crippen molar-refractivity contribution in [3.63, 3.8) is 0 Å². The minimum absolute atomic E-state index is 0.292.